The van der Waals surface area contributed by atoms with Crippen molar-refractivity contribution in [3.63, 3.8) is 0 Å². The molecule has 0 spiro atoms. The molecule has 1 aromatic heterocycles. The van der Waals surface area contributed by atoms with Gasteiger partial charge in [-0.15, -0.1) is 0 Å². The van der Waals surface area contributed by atoms with Gasteiger partial charge in [-0.2, -0.15) is 5.10 Å². The van der Waals surface area contributed by atoms with Gasteiger partial charge in [0.05, 0.1) is 11.4 Å². The predicted octanol–water partition coefficient (Wildman–Crippen LogP) is 6.56. The lowest BCUT2D eigenvalue weighted by Crippen LogP contribution is -2.14. The monoisotopic (exact) mass is 417 g/mol. The van der Waals surface area contributed by atoms with E-state index < -0.39 is 0 Å². The predicted molar refractivity (Wildman–Crippen MR) is 130 cm³/mol. The molecule has 156 valence electrons. The number of amides is 1. The molecule has 0 saturated carbocycles. The Kier molecular flexibility index (Phi) is 5.04. The molecule has 5 aromatic rings. The number of nitrogens with zero attached hydrogens (tertiary/aromatic N) is 2. The van der Waals surface area contributed by atoms with Crippen LogP contribution in [0.5, 0.6) is 0 Å². The highest BCUT2D eigenvalue weighted by atomic mass is 16.2. The van der Waals surface area contributed by atoms with Crippen LogP contribution in [0.25, 0.3) is 27.7 Å². The fourth-order valence-corrected chi connectivity index (χ4v) is 3.87. The Hall–Kier alpha value is -4.18. The summed E-state index contributed by atoms with van der Waals surface area (Å²) in [5.74, 6) is -0.226. The highest BCUT2D eigenvalue weighted by Gasteiger charge is 2.18. The van der Waals surface area contributed by atoms with E-state index in [1.807, 2.05) is 85.3 Å². The summed E-state index contributed by atoms with van der Waals surface area (Å²) in [4.78, 5) is 13.1. The second kappa shape index (κ2) is 8.16. The molecule has 32 heavy (non-hydrogen) atoms. The van der Waals surface area contributed by atoms with Crippen LogP contribution in [0.4, 0.5) is 5.69 Å². The largest absolute Gasteiger partial charge is 0.320 e. The molecule has 4 nitrogen and oxygen atoms in total. The Bertz CT molecular complexity index is 1430. The topological polar surface area (TPSA) is 46.9 Å². The average molecular weight is 418 g/mol. The third-order valence-electron chi connectivity index (χ3n) is 5.63. The van der Waals surface area contributed by atoms with E-state index in [2.05, 4.69) is 40.7 Å². The van der Waals surface area contributed by atoms with Crippen molar-refractivity contribution in [3.05, 3.63) is 114 Å². The SMILES string of the molecule is Cc1ccc(C)c(NC(=O)c2cc(-c3ccc4ccccc4c3)n(-c3ccccc3)n2)c1. The van der Waals surface area contributed by atoms with Crippen LogP contribution in [0.2, 0.25) is 0 Å². The first-order valence-corrected chi connectivity index (χ1v) is 10.6. The van der Waals surface area contributed by atoms with Crippen LogP contribution in [0.15, 0.2) is 97.1 Å². The van der Waals surface area contributed by atoms with Crippen molar-refractivity contribution in [2.75, 3.05) is 5.32 Å². The van der Waals surface area contributed by atoms with Gasteiger partial charge in [0.2, 0.25) is 0 Å². The van der Waals surface area contributed by atoms with Crippen LogP contribution in [0.1, 0.15) is 21.6 Å². The second-order valence-corrected chi connectivity index (χ2v) is 8.00. The molecule has 0 aliphatic rings. The van der Waals surface area contributed by atoms with E-state index in [0.717, 1.165) is 39.1 Å². The van der Waals surface area contributed by atoms with Crippen molar-refractivity contribution in [3.8, 4) is 16.9 Å². The third kappa shape index (κ3) is 3.79. The van der Waals surface area contributed by atoms with Crippen LogP contribution in [-0.4, -0.2) is 15.7 Å². The molecule has 0 atom stereocenters. The summed E-state index contributed by atoms with van der Waals surface area (Å²) < 4.78 is 1.84. The molecular formula is C28H23N3O. The van der Waals surface area contributed by atoms with Crippen molar-refractivity contribution in [2.45, 2.75) is 13.8 Å². The van der Waals surface area contributed by atoms with Crippen LogP contribution < -0.4 is 5.32 Å². The summed E-state index contributed by atoms with van der Waals surface area (Å²) in [6, 6.07) is 32.3. The highest BCUT2D eigenvalue weighted by molar-refractivity contribution is 6.04. The van der Waals surface area contributed by atoms with Gasteiger partial charge in [-0.3, -0.25) is 4.79 Å². The van der Waals surface area contributed by atoms with Crippen LogP contribution in [-0.2, 0) is 0 Å². The van der Waals surface area contributed by atoms with Crippen molar-refractivity contribution >= 4 is 22.4 Å². The zero-order valence-electron chi connectivity index (χ0n) is 18.0. The molecule has 1 N–H and O–H groups in total. The van der Waals surface area contributed by atoms with Gasteiger partial charge in [0, 0.05) is 11.3 Å². The molecule has 1 amide bonds. The number of carbonyl (C=O) groups excluding carboxylic acids is 1. The Morgan fingerprint density at radius 1 is 0.781 bits per heavy atom. The molecule has 1 heterocycles. The fraction of sp³-hybridized carbons (Fsp3) is 0.0714. The van der Waals surface area contributed by atoms with Gasteiger partial charge in [-0.05, 0) is 66.1 Å². The van der Waals surface area contributed by atoms with Crippen molar-refractivity contribution in [1.29, 1.82) is 0 Å². The molecule has 0 aliphatic carbocycles. The Morgan fingerprint density at radius 2 is 1.53 bits per heavy atom. The molecule has 4 heteroatoms. The van der Waals surface area contributed by atoms with Gasteiger partial charge in [-0.25, -0.2) is 4.68 Å². The minimum Gasteiger partial charge on any atom is -0.320 e. The summed E-state index contributed by atoms with van der Waals surface area (Å²) in [6.45, 7) is 4.00. The van der Waals surface area contributed by atoms with E-state index in [9.17, 15) is 4.79 Å². The van der Waals surface area contributed by atoms with E-state index in [0.29, 0.717) is 5.69 Å². The lowest BCUT2D eigenvalue weighted by atomic mass is 10.0. The Morgan fingerprint density at radius 3 is 2.34 bits per heavy atom. The van der Waals surface area contributed by atoms with Gasteiger partial charge in [0.1, 0.15) is 0 Å². The molecular weight excluding hydrogens is 394 g/mol. The summed E-state index contributed by atoms with van der Waals surface area (Å²) in [7, 11) is 0. The summed E-state index contributed by atoms with van der Waals surface area (Å²) in [6.07, 6.45) is 0. The molecule has 0 fully saturated rings. The van der Waals surface area contributed by atoms with E-state index in [1.165, 1.54) is 5.39 Å². The van der Waals surface area contributed by atoms with Crippen molar-refractivity contribution in [1.82, 2.24) is 9.78 Å². The van der Waals surface area contributed by atoms with Gasteiger partial charge < -0.3 is 5.32 Å². The van der Waals surface area contributed by atoms with E-state index in [4.69, 9.17) is 0 Å². The molecule has 0 unspecified atom stereocenters. The van der Waals surface area contributed by atoms with Crippen LogP contribution >= 0.6 is 0 Å². The number of nitrogens with one attached hydrogen (secondary N) is 1. The number of para-hydroxylation sites is 1. The first-order valence-electron chi connectivity index (χ1n) is 10.6. The van der Waals surface area contributed by atoms with E-state index in [-0.39, 0.29) is 5.91 Å². The number of carbonyl (C=O) groups is 1. The number of aromatic nitrogens is 2. The molecule has 0 radical (unpaired) electrons. The molecule has 0 aliphatic heterocycles. The summed E-state index contributed by atoms with van der Waals surface area (Å²) >= 11 is 0. The Balaban J connectivity index is 1.59. The minimum atomic E-state index is -0.226. The average Bonchev–Trinajstić information content (AvgIpc) is 3.27. The molecule has 5 rings (SSSR count). The number of aryl methyl sites for hydroxylation is 2. The lowest BCUT2D eigenvalue weighted by molar-refractivity contribution is 0.102. The zero-order valence-corrected chi connectivity index (χ0v) is 18.0. The standard InChI is InChI=1S/C28H23N3O/c1-19-12-13-20(2)25(16-19)29-28(32)26-18-27(31(30-26)24-10-4-3-5-11-24)23-15-14-21-8-6-7-9-22(21)17-23/h3-18H,1-2H3,(H,29,32). The number of rotatable bonds is 4. The number of hydrogen-bond acceptors (Lipinski definition) is 2. The second-order valence-electron chi connectivity index (χ2n) is 8.00. The Labute approximate surface area is 187 Å². The minimum absolute atomic E-state index is 0.226. The molecule has 0 saturated heterocycles. The van der Waals surface area contributed by atoms with Gasteiger partial charge in [0.25, 0.3) is 5.91 Å². The first-order chi connectivity index (χ1) is 15.6. The van der Waals surface area contributed by atoms with Gasteiger partial charge in [0.15, 0.2) is 5.69 Å². The van der Waals surface area contributed by atoms with Crippen molar-refractivity contribution < 1.29 is 4.79 Å². The molecule has 4 aromatic carbocycles. The fourth-order valence-electron chi connectivity index (χ4n) is 3.87. The highest BCUT2D eigenvalue weighted by Crippen LogP contribution is 2.28. The maximum absolute atomic E-state index is 13.1. The van der Waals surface area contributed by atoms with E-state index >= 15 is 0 Å². The third-order valence-corrected chi connectivity index (χ3v) is 5.63. The van der Waals surface area contributed by atoms with E-state index in [1.54, 1.807) is 0 Å². The number of benzene rings is 4. The summed E-state index contributed by atoms with van der Waals surface area (Å²) in [5.41, 5.74) is 6.06. The van der Waals surface area contributed by atoms with Gasteiger partial charge in [-0.1, -0.05) is 66.7 Å². The smallest absolute Gasteiger partial charge is 0.276 e. The van der Waals surface area contributed by atoms with Crippen molar-refractivity contribution in [2.24, 2.45) is 0 Å². The maximum atomic E-state index is 13.1. The zero-order chi connectivity index (χ0) is 22.1. The van der Waals surface area contributed by atoms with Crippen LogP contribution in [0.3, 0.4) is 0 Å². The quantitative estimate of drug-likeness (QED) is 0.360. The normalized spacial score (nSPS) is 10.9. The number of hydrogen-bond donors (Lipinski definition) is 1. The lowest BCUT2D eigenvalue weighted by Gasteiger charge is -2.08. The van der Waals surface area contributed by atoms with Gasteiger partial charge >= 0.3 is 0 Å². The van der Waals surface area contributed by atoms with Crippen LogP contribution in [0, 0.1) is 13.8 Å². The molecule has 0 bridgehead atoms. The first kappa shape index (κ1) is 19.8. The maximum Gasteiger partial charge on any atom is 0.276 e. The number of anilines is 1. The summed E-state index contributed by atoms with van der Waals surface area (Å²) in [5, 5.41) is 10.0. The number of fused-ring (bicyclic) bond motifs is 1.